The van der Waals surface area contributed by atoms with Gasteiger partial charge in [-0.05, 0) is 101 Å². The number of fused-ring (bicyclic) bond motifs is 4. The summed E-state index contributed by atoms with van der Waals surface area (Å²) < 4.78 is 45.8. The molecule has 5 aliphatic carbocycles. The van der Waals surface area contributed by atoms with Crippen LogP contribution < -0.4 is 0 Å². The predicted molar refractivity (Wildman–Crippen MR) is 166 cm³/mol. The van der Waals surface area contributed by atoms with Crippen molar-refractivity contribution in [2.75, 3.05) is 12.4 Å². The van der Waals surface area contributed by atoms with Crippen molar-refractivity contribution in [3.8, 4) is 11.8 Å². The Labute approximate surface area is 257 Å². The van der Waals surface area contributed by atoms with Crippen molar-refractivity contribution in [1.82, 2.24) is 0 Å². The third-order valence-electron chi connectivity index (χ3n) is 11.1. The number of aliphatic hydroxyl groups is 1. The first kappa shape index (κ1) is 31.7. The van der Waals surface area contributed by atoms with Gasteiger partial charge in [-0.1, -0.05) is 77.6 Å². The van der Waals surface area contributed by atoms with Gasteiger partial charge in [-0.15, -0.1) is 11.8 Å². The van der Waals surface area contributed by atoms with Crippen LogP contribution in [0.25, 0.3) is 0 Å². The van der Waals surface area contributed by atoms with Crippen LogP contribution in [0.4, 0.5) is 13.2 Å². The fraction of sp³-hybridized carbons (Fsp3) is 0.765. The number of halogens is 4. The van der Waals surface area contributed by atoms with E-state index >= 15 is 0 Å². The SMILES string of the molecule is C=C1CCC/C(=C\[C@H]2C[C@@]3(C)C(CC[C@@]3(O)C#CC(F)(F)F)C3CCC4CC5(CCC4=C32)OCCS5)CC1Br.CC. The van der Waals surface area contributed by atoms with Crippen molar-refractivity contribution in [1.29, 1.82) is 0 Å². The highest BCUT2D eigenvalue weighted by molar-refractivity contribution is 9.09. The molecule has 5 fully saturated rings. The lowest BCUT2D eigenvalue weighted by Crippen LogP contribution is -2.52. The first-order valence-electron chi connectivity index (χ1n) is 15.8. The topological polar surface area (TPSA) is 29.5 Å². The summed E-state index contributed by atoms with van der Waals surface area (Å²) >= 11 is 5.84. The van der Waals surface area contributed by atoms with Crippen LogP contribution >= 0.6 is 27.7 Å². The maximum absolute atomic E-state index is 13.2. The van der Waals surface area contributed by atoms with Crippen molar-refractivity contribution < 1.29 is 23.0 Å². The largest absolute Gasteiger partial charge is 0.457 e. The second-order valence-electron chi connectivity index (χ2n) is 13.2. The van der Waals surface area contributed by atoms with Gasteiger partial charge in [-0.2, -0.15) is 13.2 Å². The number of hydrogen-bond acceptors (Lipinski definition) is 3. The van der Waals surface area contributed by atoms with E-state index in [0.29, 0.717) is 24.7 Å². The fourth-order valence-electron chi connectivity index (χ4n) is 9.20. The Hall–Kier alpha value is -0.680. The minimum Gasteiger partial charge on any atom is -0.377 e. The highest BCUT2D eigenvalue weighted by Gasteiger charge is 2.63. The maximum atomic E-state index is 13.2. The quantitative estimate of drug-likeness (QED) is 0.132. The molecule has 7 heteroatoms. The number of thioether (sulfide) groups is 1. The molecule has 6 aliphatic rings. The molecule has 1 heterocycles. The van der Waals surface area contributed by atoms with Crippen molar-refractivity contribution in [2.24, 2.45) is 29.1 Å². The lowest BCUT2D eigenvalue weighted by molar-refractivity contribution is -0.0749. The molecular weight excluding hydrogens is 609 g/mol. The zero-order chi connectivity index (χ0) is 29.6. The van der Waals surface area contributed by atoms with E-state index in [1.54, 1.807) is 11.1 Å². The zero-order valence-electron chi connectivity index (χ0n) is 24.8. The van der Waals surface area contributed by atoms with Gasteiger partial charge < -0.3 is 9.84 Å². The van der Waals surface area contributed by atoms with E-state index in [9.17, 15) is 18.3 Å². The van der Waals surface area contributed by atoms with Crippen molar-refractivity contribution >= 4 is 27.7 Å². The highest BCUT2D eigenvalue weighted by Crippen LogP contribution is 2.66. The molecule has 0 amide bonds. The number of rotatable bonds is 1. The van der Waals surface area contributed by atoms with E-state index < -0.39 is 17.2 Å². The average molecular weight is 656 g/mol. The molecule has 0 radical (unpaired) electrons. The van der Waals surface area contributed by atoms with E-state index in [1.165, 1.54) is 17.1 Å². The number of ether oxygens (including phenoxy) is 1. The first-order valence-corrected chi connectivity index (χ1v) is 17.7. The summed E-state index contributed by atoms with van der Waals surface area (Å²) in [6.45, 7) is 11.1. The van der Waals surface area contributed by atoms with Gasteiger partial charge in [0.25, 0.3) is 0 Å². The average Bonchev–Trinajstić information content (AvgIpc) is 3.44. The maximum Gasteiger partial charge on any atom is 0.457 e. The second kappa shape index (κ2) is 12.0. The van der Waals surface area contributed by atoms with Crippen LogP contribution in [0.2, 0.25) is 0 Å². The molecule has 1 saturated heterocycles. The summed E-state index contributed by atoms with van der Waals surface area (Å²) in [7, 11) is 0. The monoisotopic (exact) mass is 654 g/mol. The molecule has 0 aromatic heterocycles. The van der Waals surface area contributed by atoms with Crippen LogP contribution in [0.3, 0.4) is 0 Å². The molecule has 41 heavy (non-hydrogen) atoms. The van der Waals surface area contributed by atoms with Gasteiger partial charge in [0, 0.05) is 21.9 Å². The Kier molecular flexibility index (Phi) is 9.30. The van der Waals surface area contributed by atoms with Crippen LogP contribution in [0.5, 0.6) is 0 Å². The van der Waals surface area contributed by atoms with Gasteiger partial charge in [0.05, 0.1) is 6.61 Å². The van der Waals surface area contributed by atoms with Crippen LogP contribution in [0.1, 0.15) is 97.8 Å². The molecule has 1 spiro atoms. The van der Waals surface area contributed by atoms with Crippen molar-refractivity contribution in [2.45, 2.75) is 119 Å². The van der Waals surface area contributed by atoms with Gasteiger partial charge in [-0.25, -0.2) is 0 Å². The summed E-state index contributed by atoms with van der Waals surface area (Å²) in [4.78, 5) is 0.238. The summed E-state index contributed by atoms with van der Waals surface area (Å²) in [6.07, 6.45) is 8.99. The predicted octanol–water partition coefficient (Wildman–Crippen LogP) is 9.53. The zero-order valence-corrected chi connectivity index (χ0v) is 27.2. The Balaban J connectivity index is 0.00000165. The van der Waals surface area contributed by atoms with E-state index in [2.05, 4.69) is 34.5 Å². The van der Waals surface area contributed by atoms with Gasteiger partial charge in [-0.3, -0.25) is 0 Å². The minimum absolute atomic E-state index is 0.0235. The molecule has 0 aromatic rings. The van der Waals surface area contributed by atoms with E-state index in [4.69, 9.17) is 4.74 Å². The number of hydrogen-bond donors (Lipinski definition) is 1. The minimum atomic E-state index is -4.60. The Bertz CT molecular complexity index is 1140. The lowest BCUT2D eigenvalue weighted by Gasteiger charge is -2.55. The second-order valence-corrected chi connectivity index (χ2v) is 15.7. The fourth-order valence-corrected chi connectivity index (χ4v) is 11.1. The third-order valence-corrected chi connectivity index (χ3v) is 13.4. The number of allylic oxidation sites excluding steroid dienone is 5. The van der Waals surface area contributed by atoms with Gasteiger partial charge in [0.2, 0.25) is 0 Å². The van der Waals surface area contributed by atoms with Crippen LogP contribution in [0.15, 0.2) is 34.9 Å². The van der Waals surface area contributed by atoms with Crippen molar-refractivity contribution in [3.63, 3.8) is 0 Å². The molecule has 0 aromatic carbocycles. The van der Waals surface area contributed by atoms with Gasteiger partial charge in [0.1, 0.15) is 10.5 Å². The molecular formula is C34H46BrF3O2S. The van der Waals surface area contributed by atoms with E-state index in [0.717, 1.165) is 76.6 Å². The van der Waals surface area contributed by atoms with Gasteiger partial charge >= 0.3 is 6.18 Å². The molecule has 228 valence electrons. The normalized spacial score (nSPS) is 43.4. The van der Waals surface area contributed by atoms with Crippen molar-refractivity contribution in [3.05, 3.63) is 34.9 Å². The summed E-state index contributed by atoms with van der Waals surface area (Å²) in [5, 5.41) is 11.8. The smallest absolute Gasteiger partial charge is 0.377 e. The van der Waals surface area contributed by atoms with E-state index in [1.807, 2.05) is 32.5 Å². The Morgan fingerprint density at radius 1 is 1.12 bits per heavy atom. The third kappa shape index (κ3) is 6.03. The summed E-state index contributed by atoms with van der Waals surface area (Å²) in [6, 6.07) is 0. The summed E-state index contributed by atoms with van der Waals surface area (Å²) in [5.74, 6) is 6.06. The molecule has 4 saturated carbocycles. The molecule has 2 nitrogen and oxygen atoms in total. The van der Waals surface area contributed by atoms with Gasteiger partial charge in [0.15, 0.2) is 0 Å². The van der Waals surface area contributed by atoms with E-state index in [-0.39, 0.29) is 21.6 Å². The lowest BCUT2D eigenvalue weighted by atomic mass is 9.51. The molecule has 1 N–H and O–H groups in total. The molecule has 1 aliphatic heterocycles. The first-order chi connectivity index (χ1) is 19.4. The molecule has 0 bridgehead atoms. The number of alkyl halides is 4. The molecule has 5 unspecified atom stereocenters. The molecule has 6 rings (SSSR count). The standard InChI is InChI=1S/C32H40BrF3O2S.C2H6/c1-20-4-3-5-21(17-27(20)33)16-23-18-29(2)26(9-10-30(29,37)12-13-32(34,35)36)25-7-6-22-19-31(38-14-15-39-31)11-8-24(22)28(23)25;1-2/h16,22-23,25-27,37H,1,3-11,14-15,17-19H2,2H3;1-2H3/b21-16+;/t22?,23-,25?,26?,27?,29-,30+,31?;/m0./s1. The van der Waals surface area contributed by atoms with Crippen LogP contribution in [0, 0.1) is 40.9 Å². The highest BCUT2D eigenvalue weighted by atomic mass is 79.9. The summed E-state index contributed by atoms with van der Waals surface area (Å²) in [5.41, 5.74) is 3.56. The Morgan fingerprint density at radius 3 is 2.61 bits per heavy atom. The Morgan fingerprint density at radius 2 is 1.90 bits per heavy atom. The van der Waals surface area contributed by atoms with Crippen LogP contribution in [-0.4, -0.2) is 39.0 Å². The molecule has 8 atom stereocenters. The van der Waals surface area contributed by atoms with Crippen LogP contribution in [-0.2, 0) is 4.74 Å².